The van der Waals surface area contributed by atoms with Crippen LogP contribution in [0.25, 0.3) is 0 Å². The summed E-state index contributed by atoms with van der Waals surface area (Å²) >= 11 is 0. The average Bonchev–Trinajstić information content (AvgIpc) is 2.37. The molecule has 1 heterocycles. The molecule has 0 aromatic rings. The Morgan fingerprint density at radius 3 is 2.81 bits per heavy atom. The van der Waals surface area contributed by atoms with Crippen molar-refractivity contribution in [2.24, 2.45) is 11.8 Å². The minimum absolute atomic E-state index is 0.0279. The van der Waals surface area contributed by atoms with Crippen LogP contribution in [0.3, 0.4) is 0 Å². The van der Waals surface area contributed by atoms with E-state index in [-0.39, 0.29) is 18.0 Å². The molecular weight excluding hydrogens is 208 g/mol. The van der Waals surface area contributed by atoms with E-state index in [1.165, 1.54) is 6.92 Å². The summed E-state index contributed by atoms with van der Waals surface area (Å²) in [6.07, 6.45) is 2.77. The van der Waals surface area contributed by atoms with Crippen molar-refractivity contribution in [1.29, 1.82) is 0 Å². The lowest BCUT2D eigenvalue weighted by Gasteiger charge is -2.33. The van der Waals surface area contributed by atoms with Crippen molar-refractivity contribution in [3.05, 3.63) is 0 Å². The van der Waals surface area contributed by atoms with Gasteiger partial charge in [0.05, 0.1) is 0 Å². The molecule has 2 aliphatic rings. The molecule has 16 heavy (non-hydrogen) atoms. The summed E-state index contributed by atoms with van der Waals surface area (Å²) in [5, 5.41) is 0. The first-order valence-electron chi connectivity index (χ1n) is 5.84. The van der Waals surface area contributed by atoms with Crippen molar-refractivity contribution in [3.63, 3.8) is 0 Å². The van der Waals surface area contributed by atoms with Gasteiger partial charge in [0.1, 0.15) is 6.10 Å². The molecule has 1 saturated carbocycles. The predicted molar refractivity (Wildman–Crippen MR) is 56.6 cm³/mol. The number of hydrogen-bond donors (Lipinski definition) is 0. The van der Waals surface area contributed by atoms with Crippen LogP contribution >= 0.6 is 0 Å². The van der Waals surface area contributed by atoms with Crippen LogP contribution in [0.2, 0.25) is 0 Å². The fourth-order valence-electron chi connectivity index (χ4n) is 2.91. The van der Waals surface area contributed by atoms with Crippen LogP contribution in [-0.4, -0.2) is 23.6 Å². The summed E-state index contributed by atoms with van der Waals surface area (Å²) in [7, 11) is 0. The van der Waals surface area contributed by atoms with Crippen molar-refractivity contribution >= 4 is 11.9 Å². The van der Waals surface area contributed by atoms with Gasteiger partial charge in [-0.25, -0.2) is 4.79 Å². The summed E-state index contributed by atoms with van der Waals surface area (Å²) in [5.74, 6) is -0.195. The van der Waals surface area contributed by atoms with Gasteiger partial charge in [-0.1, -0.05) is 13.3 Å². The quantitative estimate of drug-likeness (QED) is 0.638. The Balaban J connectivity index is 2.20. The molecule has 1 saturated heterocycles. The van der Waals surface area contributed by atoms with Crippen molar-refractivity contribution in [2.45, 2.75) is 51.7 Å². The molecule has 0 aromatic carbocycles. The number of carbonyl (C=O) groups excluding carboxylic acids is 2. The van der Waals surface area contributed by atoms with Crippen LogP contribution in [0.4, 0.5) is 0 Å². The molecule has 4 heteroatoms. The lowest BCUT2D eigenvalue weighted by molar-refractivity contribution is -0.172. The molecule has 0 amide bonds. The van der Waals surface area contributed by atoms with Crippen molar-refractivity contribution in [1.82, 2.24) is 0 Å². The van der Waals surface area contributed by atoms with Gasteiger partial charge in [-0.3, -0.25) is 4.79 Å². The number of hydrogen-bond acceptors (Lipinski definition) is 4. The van der Waals surface area contributed by atoms with Gasteiger partial charge >= 0.3 is 11.9 Å². The largest absolute Gasteiger partial charge is 0.459 e. The molecule has 2 fully saturated rings. The highest BCUT2D eigenvalue weighted by Crippen LogP contribution is 2.44. The van der Waals surface area contributed by atoms with Gasteiger partial charge in [0.25, 0.3) is 0 Å². The molecule has 0 N–H and O–H groups in total. The van der Waals surface area contributed by atoms with Gasteiger partial charge in [0.2, 0.25) is 5.60 Å². The first-order valence-corrected chi connectivity index (χ1v) is 5.84. The van der Waals surface area contributed by atoms with E-state index in [9.17, 15) is 9.59 Å². The fraction of sp³-hybridized carbons (Fsp3) is 0.833. The van der Waals surface area contributed by atoms with E-state index < -0.39 is 11.6 Å². The lowest BCUT2D eigenvalue weighted by Crippen LogP contribution is -2.44. The molecule has 90 valence electrons. The molecule has 4 atom stereocenters. The third-order valence-electron chi connectivity index (χ3n) is 3.78. The Bertz CT molecular complexity index is 325. The number of carbonyl (C=O) groups is 2. The van der Waals surface area contributed by atoms with Gasteiger partial charge in [-0.15, -0.1) is 0 Å². The van der Waals surface area contributed by atoms with E-state index in [2.05, 4.69) is 6.92 Å². The standard InChI is InChI=1S/C12H18O4/c1-7-4-5-9-10(6-7)15-11(14)12(9,3)16-8(2)13/h7,9-10H,4-6H2,1-3H3/t7-,9?,10-,12+/m1/s1. The highest BCUT2D eigenvalue weighted by molar-refractivity contribution is 5.85. The zero-order valence-corrected chi connectivity index (χ0v) is 9.99. The maximum Gasteiger partial charge on any atom is 0.351 e. The topological polar surface area (TPSA) is 52.6 Å². The lowest BCUT2D eigenvalue weighted by atomic mass is 9.74. The summed E-state index contributed by atoms with van der Waals surface area (Å²) in [6.45, 7) is 5.17. The maximum absolute atomic E-state index is 11.8. The SMILES string of the molecule is CC(=O)O[C@]1(C)C(=O)O[C@@H]2C[C@H](C)CCC21. The number of ether oxygens (including phenoxy) is 2. The molecule has 0 spiro atoms. The summed E-state index contributed by atoms with van der Waals surface area (Å²) in [6, 6.07) is 0. The van der Waals surface area contributed by atoms with E-state index >= 15 is 0 Å². The fourth-order valence-corrected chi connectivity index (χ4v) is 2.91. The molecule has 0 bridgehead atoms. The number of esters is 2. The first kappa shape index (κ1) is 11.4. The second-order valence-corrected chi connectivity index (χ2v) is 5.17. The second kappa shape index (κ2) is 3.75. The van der Waals surface area contributed by atoms with Crippen LogP contribution in [-0.2, 0) is 19.1 Å². The molecular formula is C12H18O4. The second-order valence-electron chi connectivity index (χ2n) is 5.17. The normalized spacial score (nSPS) is 42.4. The van der Waals surface area contributed by atoms with Gasteiger partial charge in [-0.2, -0.15) is 0 Å². The van der Waals surface area contributed by atoms with Crippen molar-refractivity contribution in [2.75, 3.05) is 0 Å². The van der Waals surface area contributed by atoms with Gasteiger partial charge < -0.3 is 9.47 Å². The van der Waals surface area contributed by atoms with Gasteiger partial charge in [0, 0.05) is 12.8 Å². The van der Waals surface area contributed by atoms with E-state index in [0.717, 1.165) is 19.3 Å². The highest BCUT2D eigenvalue weighted by atomic mass is 16.6. The zero-order valence-electron chi connectivity index (χ0n) is 9.99. The Morgan fingerprint density at radius 2 is 2.19 bits per heavy atom. The smallest absolute Gasteiger partial charge is 0.351 e. The highest BCUT2D eigenvalue weighted by Gasteiger charge is 2.57. The van der Waals surface area contributed by atoms with Gasteiger partial charge in [0.15, 0.2) is 0 Å². The monoisotopic (exact) mass is 226 g/mol. The van der Waals surface area contributed by atoms with Crippen LogP contribution in [0, 0.1) is 11.8 Å². The third-order valence-corrected chi connectivity index (χ3v) is 3.78. The molecule has 1 aliphatic heterocycles. The van der Waals surface area contributed by atoms with Crippen LogP contribution in [0.15, 0.2) is 0 Å². The van der Waals surface area contributed by atoms with Crippen LogP contribution in [0.1, 0.15) is 40.0 Å². The summed E-state index contributed by atoms with van der Waals surface area (Å²) in [5.41, 5.74) is -1.06. The third kappa shape index (κ3) is 1.70. The Labute approximate surface area is 95.3 Å². The summed E-state index contributed by atoms with van der Waals surface area (Å²) in [4.78, 5) is 22.9. The predicted octanol–water partition coefficient (Wildman–Crippen LogP) is 1.67. The Hall–Kier alpha value is -1.06. The zero-order chi connectivity index (χ0) is 11.9. The van der Waals surface area contributed by atoms with Crippen molar-refractivity contribution in [3.8, 4) is 0 Å². The van der Waals surface area contributed by atoms with Crippen LogP contribution in [0.5, 0.6) is 0 Å². The molecule has 2 rings (SSSR count). The number of rotatable bonds is 1. The number of fused-ring (bicyclic) bond motifs is 1. The van der Waals surface area contributed by atoms with E-state index in [0.29, 0.717) is 5.92 Å². The van der Waals surface area contributed by atoms with Crippen LogP contribution < -0.4 is 0 Å². The summed E-state index contributed by atoms with van der Waals surface area (Å²) < 4.78 is 10.5. The minimum atomic E-state index is -1.06. The molecule has 0 aromatic heterocycles. The van der Waals surface area contributed by atoms with E-state index in [4.69, 9.17) is 9.47 Å². The maximum atomic E-state index is 11.8. The average molecular weight is 226 g/mol. The van der Waals surface area contributed by atoms with E-state index in [1.54, 1.807) is 6.92 Å². The first-order chi connectivity index (χ1) is 7.43. The molecule has 1 unspecified atom stereocenters. The molecule has 1 aliphatic carbocycles. The Kier molecular flexibility index (Phi) is 2.68. The molecule has 0 radical (unpaired) electrons. The molecule has 4 nitrogen and oxygen atoms in total. The minimum Gasteiger partial charge on any atom is -0.459 e. The van der Waals surface area contributed by atoms with Crippen molar-refractivity contribution < 1.29 is 19.1 Å². The van der Waals surface area contributed by atoms with E-state index in [1.807, 2.05) is 0 Å². The Morgan fingerprint density at radius 1 is 1.50 bits per heavy atom. The van der Waals surface area contributed by atoms with Gasteiger partial charge in [-0.05, 0) is 25.7 Å².